The van der Waals surface area contributed by atoms with E-state index in [0.717, 1.165) is 5.56 Å². The summed E-state index contributed by atoms with van der Waals surface area (Å²) >= 11 is 4.02. The quantitative estimate of drug-likeness (QED) is 0.0377. The number of benzene rings is 1. The zero-order chi connectivity index (χ0) is 45.9. The molecule has 1 aromatic carbocycles. The van der Waals surface area contributed by atoms with Gasteiger partial charge in [0.25, 0.3) is 0 Å². The van der Waals surface area contributed by atoms with Crippen LogP contribution in [0.2, 0.25) is 0 Å². The van der Waals surface area contributed by atoms with Gasteiger partial charge in [-0.15, -0.1) is 0 Å². The predicted molar refractivity (Wildman–Crippen MR) is 240 cm³/mol. The van der Waals surface area contributed by atoms with Crippen molar-refractivity contribution in [3.63, 3.8) is 0 Å². The first-order valence-corrected chi connectivity index (χ1v) is 22.5. The maximum Gasteiger partial charge on any atom is 0.303 e. The molecule has 0 unspecified atom stereocenters. The molecular formula is C41H70N12O9S. The molecular weight excluding hydrogens is 837 g/mol. The number of phenolic OH excluding ortho intramolecular Hbond substituents is 1. The molecule has 2 atom stereocenters. The van der Waals surface area contributed by atoms with Crippen LogP contribution >= 0.6 is 12.6 Å². The summed E-state index contributed by atoms with van der Waals surface area (Å²) in [6, 6.07) is 4.60. The van der Waals surface area contributed by atoms with Gasteiger partial charge < -0.3 is 69.1 Å². The molecule has 22 heteroatoms. The Bertz CT molecular complexity index is 1610. The van der Waals surface area contributed by atoms with Crippen LogP contribution in [0.4, 0.5) is 0 Å². The van der Waals surface area contributed by atoms with E-state index in [1.165, 1.54) is 12.1 Å². The third kappa shape index (κ3) is 21.6. The van der Waals surface area contributed by atoms with Gasteiger partial charge in [-0.25, -0.2) is 0 Å². The van der Waals surface area contributed by atoms with Gasteiger partial charge in [0.15, 0.2) is 0 Å². The highest BCUT2D eigenvalue weighted by Crippen LogP contribution is 2.13. The molecule has 6 amide bonds. The first-order valence-electron chi connectivity index (χ1n) is 21.9. The van der Waals surface area contributed by atoms with E-state index in [9.17, 15) is 38.7 Å². The lowest BCUT2D eigenvalue weighted by Crippen LogP contribution is -2.69. The number of carbonyl (C=O) groups excluding carboxylic acids is 6. The van der Waals surface area contributed by atoms with Crippen LogP contribution in [0, 0.1) is 0 Å². The molecule has 0 aromatic heterocycles. The van der Waals surface area contributed by atoms with E-state index in [1.54, 1.807) is 12.1 Å². The van der Waals surface area contributed by atoms with Crippen molar-refractivity contribution in [1.29, 1.82) is 0 Å². The number of nitrogens with two attached hydrogens (primary N) is 1. The van der Waals surface area contributed by atoms with E-state index in [4.69, 9.17) is 10.8 Å². The number of primary amides is 1. The number of rotatable bonds is 23. The zero-order valence-electron chi connectivity index (χ0n) is 36.2. The summed E-state index contributed by atoms with van der Waals surface area (Å²) in [5.41, 5.74) is 4.42. The van der Waals surface area contributed by atoms with E-state index in [-0.39, 0.29) is 80.6 Å². The second-order valence-electron chi connectivity index (χ2n) is 16.2. The molecule has 15 N–H and O–H groups in total. The Balaban J connectivity index is 1.53. The Labute approximate surface area is 374 Å². The second kappa shape index (κ2) is 29.0. The standard InChI is InChI=1S/C41H70N12O9S/c42-38(61)32(23-63)51-33(55)6-2-1-3-15-48-39(62)31(22-29-11-13-30(54)14-12-29)50-34(56)7-4-8-35(57)52-40-24-43-16-18-46-27-41(49-21-20-45-26-40,28-47-19-17-44-25-40)53-36(58)9-5-10-37(59)60/h11-14,31-32,43-47,49,54,63H,1-10,15-28H2,(H2,42,61)(H,48,62)(H,50,56)(H,51,55)(H,52,57)(H,53,58)(H,59,60)/t31-,32-,40-,41+/m0/s1. The molecule has 2 aliphatic rings. The van der Waals surface area contributed by atoms with Crippen molar-refractivity contribution in [3.8, 4) is 5.75 Å². The maximum absolute atomic E-state index is 13.5. The van der Waals surface area contributed by atoms with Crippen LogP contribution in [0.1, 0.15) is 69.8 Å². The fraction of sp³-hybridized carbons (Fsp3) is 0.683. The number of nitrogens with one attached hydrogen (secondary N) is 11. The molecule has 354 valence electrons. The van der Waals surface area contributed by atoms with Crippen molar-refractivity contribution < 1.29 is 43.8 Å². The van der Waals surface area contributed by atoms with Crippen molar-refractivity contribution in [2.24, 2.45) is 5.73 Å². The number of carbonyl (C=O) groups is 7. The molecule has 2 heterocycles. The number of fused-ring (bicyclic) bond motifs is 6. The lowest BCUT2D eigenvalue weighted by Gasteiger charge is -2.37. The normalized spacial score (nSPS) is 20.8. The van der Waals surface area contributed by atoms with Gasteiger partial charge in [-0.2, -0.15) is 12.6 Å². The Hall–Kier alpha value is -4.58. The Morgan fingerprint density at radius 1 is 0.635 bits per heavy atom. The van der Waals surface area contributed by atoms with Crippen LogP contribution < -0.4 is 64.2 Å². The van der Waals surface area contributed by atoms with Crippen LogP contribution in [0.3, 0.4) is 0 Å². The van der Waals surface area contributed by atoms with Crippen molar-refractivity contribution in [3.05, 3.63) is 29.8 Å². The third-order valence-corrected chi connectivity index (χ3v) is 11.0. The molecule has 63 heavy (non-hydrogen) atoms. The minimum absolute atomic E-state index is 0.00127. The predicted octanol–water partition coefficient (Wildman–Crippen LogP) is -3.35. The maximum atomic E-state index is 13.5. The number of amides is 6. The molecule has 2 saturated heterocycles. The van der Waals surface area contributed by atoms with Gasteiger partial charge in [-0.05, 0) is 43.4 Å². The van der Waals surface area contributed by atoms with Crippen LogP contribution in [0.25, 0.3) is 0 Å². The zero-order valence-corrected chi connectivity index (χ0v) is 37.1. The summed E-state index contributed by atoms with van der Waals surface area (Å²) in [5.74, 6) is -2.99. The summed E-state index contributed by atoms with van der Waals surface area (Å²) < 4.78 is 0. The Kier molecular flexibility index (Phi) is 24.3. The van der Waals surface area contributed by atoms with Crippen molar-refractivity contribution in [1.82, 2.24) is 58.5 Å². The number of hydrogen-bond acceptors (Lipinski definition) is 15. The lowest BCUT2D eigenvalue weighted by molar-refractivity contribution is -0.137. The molecule has 2 aliphatic heterocycles. The number of unbranched alkanes of at least 4 members (excludes halogenated alkanes) is 2. The van der Waals surface area contributed by atoms with Crippen LogP contribution in [0.15, 0.2) is 24.3 Å². The largest absolute Gasteiger partial charge is 0.508 e. The number of carboxylic acid groups (broad SMARTS) is 1. The smallest absolute Gasteiger partial charge is 0.303 e. The van der Waals surface area contributed by atoms with Crippen molar-refractivity contribution >= 4 is 54.0 Å². The van der Waals surface area contributed by atoms with Crippen LogP contribution in [-0.4, -0.2) is 159 Å². The number of hydrogen-bond donors (Lipinski definition) is 15. The van der Waals surface area contributed by atoms with Crippen molar-refractivity contribution in [2.75, 3.05) is 84.3 Å². The Morgan fingerprint density at radius 2 is 1.14 bits per heavy atom. The van der Waals surface area contributed by atoms with E-state index in [1.807, 2.05) is 0 Å². The van der Waals surface area contributed by atoms with Crippen LogP contribution in [0.5, 0.6) is 5.75 Å². The lowest BCUT2D eigenvalue weighted by atomic mass is 9.97. The molecule has 0 radical (unpaired) electrons. The van der Waals surface area contributed by atoms with Gasteiger partial charge in [-0.1, -0.05) is 18.6 Å². The Morgan fingerprint density at radius 3 is 1.71 bits per heavy atom. The fourth-order valence-electron chi connectivity index (χ4n) is 7.21. The van der Waals surface area contributed by atoms with E-state index in [0.29, 0.717) is 97.8 Å². The topological polar surface area (TPSA) is 318 Å². The minimum Gasteiger partial charge on any atom is -0.508 e. The van der Waals surface area contributed by atoms with Gasteiger partial charge in [0.1, 0.15) is 23.5 Å². The SMILES string of the molecule is NC(=O)[C@H](CS)NC(=O)CCCCCNC(=O)[C@H](Cc1ccc(O)cc1)NC(=O)CCCC(=O)N[C@]12CNCCNC[C@](NC(=O)CCCC(=O)O)(CNCCNC1)NCCNC2. The van der Waals surface area contributed by atoms with Gasteiger partial charge in [0, 0.05) is 123 Å². The van der Waals surface area contributed by atoms with Gasteiger partial charge in [0.05, 0.1) is 5.54 Å². The molecule has 0 aliphatic carbocycles. The van der Waals surface area contributed by atoms with Crippen LogP contribution in [-0.2, 0) is 40.0 Å². The number of thiol groups is 1. The molecule has 2 bridgehead atoms. The van der Waals surface area contributed by atoms with Gasteiger partial charge in [-0.3, -0.25) is 38.9 Å². The summed E-state index contributed by atoms with van der Waals surface area (Å²) in [5, 5.41) is 54.0. The molecule has 0 spiro atoms. The summed E-state index contributed by atoms with van der Waals surface area (Å²) in [7, 11) is 0. The number of carboxylic acids is 1. The molecule has 2 fully saturated rings. The van der Waals surface area contributed by atoms with E-state index < -0.39 is 47.0 Å². The van der Waals surface area contributed by atoms with E-state index in [2.05, 4.69) is 71.1 Å². The van der Waals surface area contributed by atoms with Gasteiger partial charge in [0.2, 0.25) is 35.4 Å². The number of aliphatic carboxylic acids is 1. The summed E-state index contributed by atoms with van der Waals surface area (Å²) in [6.07, 6.45) is 2.65. The highest BCUT2D eigenvalue weighted by atomic mass is 32.1. The third-order valence-electron chi connectivity index (χ3n) is 10.6. The average molecular weight is 907 g/mol. The molecule has 21 nitrogen and oxygen atoms in total. The molecule has 0 saturated carbocycles. The summed E-state index contributed by atoms with van der Waals surface area (Å²) in [6.45, 7) is 5.76. The summed E-state index contributed by atoms with van der Waals surface area (Å²) in [4.78, 5) is 87.4. The van der Waals surface area contributed by atoms with Gasteiger partial charge >= 0.3 is 5.97 Å². The van der Waals surface area contributed by atoms with Crippen molar-refractivity contribution in [2.45, 2.75) is 93.9 Å². The fourth-order valence-corrected chi connectivity index (χ4v) is 7.48. The molecule has 1 aromatic rings. The highest BCUT2D eigenvalue weighted by molar-refractivity contribution is 7.80. The van der Waals surface area contributed by atoms with E-state index >= 15 is 0 Å². The first-order chi connectivity index (χ1) is 30.2. The monoisotopic (exact) mass is 907 g/mol. The molecule has 3 rings (SSSR count). The number of phenols is 1. The minimum atomic E-state index is -0.945. The second-order valence-corrected chi connectivity index (χ2v) is 16.5. The number of aromatic hydroxyl groups is 1. The average Bonchev–Trinajstić information content (AvgIpc) is 3.26. The first kappa shape index (κ1) is 52.8. The highest BCUT2D eigenvalue weighted by Gasteiger charge is 2.34.